The highest BCUT2D eigenvalue weighted by Crippen LogP contribution is 2.34. The van der Waals surface area contributed by atoms with Crippen molar-refractivity contribution in [1.82, 2.24) is 4.90 Å². The molecule has 0 aromatic heterocycles. The van der Waals surface area contributed by atoms with Crippen LogP contribution in [0.2, 0.25) is 0 Å². The number of fused-ring (bicyclic) bond motifs is 1. The molecule has 2 heterocycles. The van der Waals surface area contributed by atoms with Gasteiger partial charge in [0.25, 0.3) is 0 Å². The van der Waals surface area contributed by atoms with Crippen LogP contribution < -0.4 is 9.64 Å². The monoisotopic (exact) mass is 302 g/mol. The summed E-state index contributed by atoms with van der Waals surface area (Å²) < 4.78 is 5.89. The van der Waals surface area contributed by atoms with Crippen LogP contribution in [0.15, 0.2) is 18.2 Å². The topological polar surface area (TPSA) is 32.8 Å². The molecule has 2 aliphatic heterocycles. The average Bonchev–Trinajstić information content (AvgIpc) is 2.79. The molecule has 0 spiro atoms. The molecule has 4 heteroatoms. The van der Waals surface area contributed by atoms with E-state index in [1.54, 1.807) is 0 Å². The van der Waals surface area contributed by atoms with Gasteiger partial charge in [0.1, 0.15) is 12.4 Å². The summed E-state index contributed by atoms with van der Waals surface area (Å²) in [5.41, 5.74) is 2.29. The lowest BCUT2D eigenvalue weighted by Crippen LogP contribution is -2.45. The lowest BCUT2D eigenvalue weighted by molar-refractivity contribution is -0.131. The lowest BCUT2D eigenvalue weighted by atomic mass is 10.1. The molecule has 1 amide bonds. The van der Waals surface area contributed by atoms with E-state index in [9.17, 15) is 4.79 Å². The normalized spacial score (nSPS) is 21.8. The first-order valence-electron chi connectivity index (χ1n) is 8.39. The molecular weight excluding hydrogens is 276 g/mol. The predicted octanol–water partition coefficient (Wildman–Crippen LogP) is 2.98. The summed E-state index contributed by atoms with van der Waals surface area (Å²) in [4.78, 5) is 16.8. The molecular formula is C18H26N2O2. The third-order valence-corrected chi connectivity index (χ3v) is 4.84. The van der Waals surface area contributed by atoms with E-state index in [0.717, 1.165) is 37.4 Å². The van der Waals surface area contributed by atoms with E-state index in [0.29, 0.717) is 13.0 Å². The van der Waals surface area contributed by atoms with Gasteiger partial charge in [-0.05, 0) is 37.5 Å². The third kappa shape index (κ3) is 3.21. The molecule has 0 N–H and O–H groups in total. The number of nitrogens with zero attached hydrogens (tertiary/aromatic N) is 2. The number of likely N-dealkylation sites (tertiary alicyclic amines) is 1. The number of rotatable bonds is 2. The Morgan fingerprint density at radius 2 is 1.95 bits per heavy atom. The minimum atomic E-state index is 0.131. The molecule has 1 atom stereocenters. The van der Waals surface area contributed by atoms with Crippen molar-refractivity contribution < 1.29 is 9.53 Å². The number of hydrogen-bond acceptors (Lipinski definition) is 3. The van der Waals surface area contributed by atoms with Gasteiger partial charge in [-0.15, -0.1) is 0 Å². The number of carbonyl (C=O) groups excluding carboxylic acids is 1. The first kappa shape index (κ1) is 15.2. The van der Waals surface area contributed by atoms with Gasteiger partial charge in [-0.3, -0.25) is 4.79 Å². The Balaban J connectivity index is 1.66. The maximum Gasteiger partial charge on any atom is 0.224 e. The highest BCUT2D eigenvalue weighted by molar-refractivity contribution is 5.78. The molecule has 1 aromatic carbocycles. The minimum absolute atomic E-state index is 0.131. The van der Waals surface area contributed by atoms with Gasteiger partial charge in [-0.2, -0.15) is 0 Å². The minimum Gasteiger partial charge on any atom is -0.489 e. The summed E-state index contributed by atoms with van der Waals surface area (Å²) >= 11 is 0. The fourth-order valence-corrected chi connectivity index (χ4v) is 3.37. The molecule has 120 valence electrons. The van der Waals surface area contributed by atoms with Crippen LogP contribution in [0, 0.1) is 6.92 Å². The number of benzene rings is 1. The molecule has 1 saturated heterocycles. The van der Waals surface area contributed by atoms with Crippen molar-refractivity contribution in [3.8, 4) is 5.75 Å². The molecule has 1 aromatic rings. The zero-order chi connectivity index (χ0) is 15.5. The van der Waals surface area contributed by atoms with Crippen LogP contribution in [0.25, 0.3) is 0 Å². The van der Waals surface area contributed by atoms with Crippen LogP contribution >= 0.6 is 0 Å². The van der Waals surface area contributed by atoms with E-state index in [4.69, 9.17) is 4.74 Å². The number of amides is 1. The molecule has 0 unspecified atom stereocenters. The standard InChI is InChI=1S/C18H26N2O2/c1-14-7-8-16-17(11-14)22-13-15(19(16)2)12-18(21)20-9-5-3-4-6-10-20/h7-8,11,15H,3-6,9-10,12-13H2,1-2H3/t15-/m0/s1. The summed E-state index contributed by atoms with van der Waals surface area (Å²) in [6.45, 7) is 4.50. The van der Waals surface area contributed by atoms with Crippen molar-refractivity contribution in [2.75, 3.05) is 31.6 Å². The summed E-state index contributed by atoms with van der Waals surface area (Å²) in [5.74, 6) is 1.21. The molecule has 22 heavy (non-hydrogen) atoms. The van der Waals surface area contributed by atoms with Gasteiger partial charge in [-0.1, -0.05) is 18.9 Å². The van der Waals surface area contributed by atoms with Crippen LogP contribution in [0.3, 0.4) is 0 Å². The SMILES string of the molecule is Cc1ccc2c(c1)OC[C@H](CC(=O)N1CCCCCC1)N2C. The molecule has 4 nitrogen and oxygen atoms in total. The maximum absolute atomic E-state index is 12.6. The number of likely N-dealkylation sites (N-methyl/N-ethyl adjacent to an activating group) is 1. The van der Waals surface area contributed by atoms with Gasteiger partial charge in [0, 0.05) is 20.1 Å². The van der Waals surface area contributed by atoms with E-state index in [2.05, 4.69) is 37.1 Å². The van der Waals surface area contributed by atoms with Crippen LogP contribution in [0.5, 0.6) is 5.75 Å². The van der Waals surface area contributed by atoms with Crippen molar-refractivity contribution in [3.05, 3.63) is 23.8 Å². The predicted molar refractivity (Wildman–Crippen MR) is 88.5 cm³/mol. The molecule has 0 aliphatic carbocycles. The maximum atomic E-state index is 12.6. The molecule has 2 aliphatic rings. The zero-order valence-corrected chi connectivity index (χ0v) is 13.7. The second-order valence-corrected chi connectivity index (χ2v) is 6.55. The van der Waals surface area contributed by atoms with Crippen LogP contribution in [0.1, 0.15) is 37.7 Å². The van der Waals surface area contributed by atoms with Gasteiger partial charge >= 0.3 is 0 Å². The summed E-state index contributed by atoms with van der Waals surface area (Å²) in [7, 11) is 2.07. The van der Waals surface area contributed by atoms with Gasteiger partial charge in [-0.25, -0.2) is 0 Å². The van der Waals surface area contributed by atoms with Crippen LogP contribution in [0.4, 0.5) is 5.69 Å². The van der Waals surface area contributed by atoms with Crippen LogP contribution in [-0.4, -0.2) is 43.6 Å². The summed E-state index contributed by atoms with van der Waals surface area (Å²) in [6, 6.07) is 6.38. The Kier molecular flexibility index (Phi) is 4.55. The Morgan fingerprint density at radius 1 is 1.23 bits per heavy atom. The largest absolute Gasteiger partial charge is 0.489 e. The molecule has 1 fully saturated rings. The summed E-state index contributed by atoms with van der Waals surface area (Å²) in [6.07, 6.45) is 5.34. The Morgan fingerprint density at radius 3 is 2.68 bits per heavy atom. The second kappa shape index (κ2) is 6.59. The number of aryl methyl sites for hydroxylation is 1. The van der Waals surface area contributed by atoms with E-state index in [1.807, 2.05) is 4.90 Å². The summed E-state index contributed by atoms with van der Waals surface area (Å²) in [5, 5.41) is 0. The smallest absolute Gasteiger partial charge is 0.224 e. The quantitative estimate of drug-likeness (QED) is 0.842. The fraction of sp³-hybridized carbons (Fsp3) is 0.611. The molecule has 0 saturated carbocycles. The highest BCUT2D eigenvalue weighted by Gasteiger charge is 2.28. The number of hydrogen-bond donors (Lipinski definition) is 0. The Labute approximate surface area is 133 Å². The van der Waals surface area contributed by atoms with Crippen molar-refractivity contribution >= 4 is 11.6 Å². The Bertz CT molecular complexity index is 536. The van der Waals surface area contributed by atoms with Gasteiger partial charge in [0.15, 0.2) is 0 Å². The van der Waals surface area contributed by atoms with Crippen molar-refractivity contribution in [1.29, 1.82) is 0 Å². The molecule has 3 rings (SSSR count). The van der Waals surface area contributed by atoms with Gasteiger partial charge in [0.05, 0.1) is 18.2 Å². The molecule has 0 radical (unpaired) electrons. The van der Waals surface area contributed by atoms with Crippen molar-refractivity contribution in [2.45, 2.75) is 45.1 Å². The highest BCUT2D eigenvalue weighted by atomic mass is 16.5. The average molecular weight is 302 g/mol. The third-order valence-electron chi connectivity index (χ3n) is 4.84. The van der Waals surface area contributed by atoms with E-state index in [-0.39, 0.29) is 11.9 Å². The molecule has 0 bridgehead atoms. The number of anilines is 1. The Hall–Kier alpha value is -1.71. The van der Waals surface area contributed by atoms with Gasteiger partial charge < -0.3 is 14.5 Å². The van der Waals surface area contributed by atoms with Crippen LogP contribution in [-0.2, 0) is 4.79 Å². The number of carbonyl (C=O) groups is 1. The first-order chi connectivity index (χ1) is 10.6. The van der Waals surface area contributed by atoms with E-state index < -0.39 is 0 Å². The lowest BCUT2D eigenvalue weighted by Gasteiger charge is -2.36. The fourth-order valence-electron chi connectivity index (χ4n) is 3.37. The zero-order valence-electron chi connectivity index (χ0n) is 13.7. The van der Waals surface area contributed by atoms with Gasteiger partial charge in [0.2, 0.25) is 5.91 Å². The number of ether oxygens (including phenoxy) is 1. The van der Waals surface area contributed by atoms with E-state index in [1.165, 1.54) is 18.4 Å². The van der Waals surface area contributed by atoms with Crippen molar-refractivity contribution in [3.63, 3.8) is 0 Å². The second-order valence-electron chi connectivity index (χ2n) is 6.55. The van der Waals surface area contributed by atoms with E-state index >= 15 is 0 Å². The van der Waals surface area contributed by atoms with Crippen molar-refractivity contribution in [2.24, 2.45) is 0 Å². The first-order valence-corrected chi connectivity index (χ1v) is 8.39.